The summed E-state index contributed by atoms with van der Waals surface area (Å²) in [5.74, 6) is 0. The number of rotatable bonds is 2. The fourth-order valence-corrected chi connectivity index (χ4v) is 1.32. The fraction of sp³-hybridized carbons (Fsp3) is 0.222. The Kier molecular flexibility index (Phi) is 3.99. The first-order chi connectivity index (χ1) is 6.87. The zero-order valence-electron chi connectivity index (χ0n) is 7.35. The standard InChI is InChI=1S/C9H6Cl2F3N/c10-6-2-1-3-7(4-6)15-8(11)5-9(12,13)14/h1-4H,5H2. The lowest BCUT2D eigenvalue weighted by Gasteiger charge is -2.03. The van der Waals surface area contributed by atoms with Crippen LogP contribution in [0.5, 0.6) is 0 Å². The molecule has 15 heavy (non-hydrogen) atoms. The molecular formula is C9H6Cl2F3N. The lowest BCUT2D eigenvalue weighted by atomic mass is 10.3. The second-order valence-corrected chi connectivity index (χ2v) is 3.63. The molecule has 0 aliphatic heterocycles. The average molecular weight is 256 g/mol. The lowest BCUT2D eigenvalue weighted by Crippen LogP contribution is -2.10. The SMILES string of the molecule is FC(F)(F)CC(Cl)=Nc1cccc(Cl)c1. The van der Waals surface area contributed by atoms with E-state index in [0.29, 0.717) is 10.7 Å². The summed E-state index contributed by atoms with van der Waals surface area (Å²) < 4.78 is 35.7. The van der Waals surface area contributed by atoms with Crippen LogP contribution in [0.3, 0.4) is 0 Å². The van der Waals surface area contributed by atoms with E-state index in [0.717, 1.165) is 0 Å². The Labute approximate surface area is 94.5 Å². The van der Waals surface area contributed by atoms with Gasteiger partial charge in [0.05, 0.1) is 12.1 Å². The van der Waals surface area contributed by atoms with Crippen molar-refractivity contribution in [2.45, 2.75) is 12.6 Å². The van der Waals surface area contributed by atoms with Crippen LogP contribution >= 0.6 is 23.2 Å². The molecular weight excluding hydrogens is 250 g/mol. The smallest absolute Gasteiger partial charge is 0.241 e. The maximum Gasteiger partial charge on any atom is 0.395 e. The molecule has 0 radical (unpaired) electrons. The Balaban J connectivity index is 2.79. The van der Waals surface area contributed by atoms with E-state index in [9.17, 15) is 13.2 Å². The van der Waals surface area contributed by atoms with Crippen LogP contribution in [-0.2, 0) is 0 Å². The third-order valence-electron chi connectivity index (χ3n) is 1.40. The van der Waals surface area contributed by atoms with Crippen molar-refractivity contribution in [3.63, 3.8) is 0 Å². The number of hydrogen-bond acceptors (Lipinski definition) is 1. The molecule has 0 fully saturated rings. The Morgan fingerprint density at radius 2 is 2.00 bits per heavy atom. The molecule has 0 amide bonds. The molecule has 1 nitrogen and oxygen atoms in total. The van der Waals surface area contributed by atoms with Crippen molar-refractivity contribution < 1.29 is 13.2 Å². The number of alkyl halides is 3. The molecule has 82 valence electrons. The average Bonchev–Trinajstić information content (AvgIpc) is 1.99. The predicted octanol–water partition coefficient (Wildman–Crippen LogP) is 4.56. The van der Waals surface area contributed by atoms with Crippen LogP contribution in [0, 0.1) is 0 Å². The van der Waals surface area contributed by atoms with Gasteiger partial charge in [-0.05, 0) is 18.2 Å². The molecule has 0 saturated heterocycles. The van der Waals surface area contributed by atoms with Gasteiger partial charge in [-0.15, -0.1) is 0 Å². The molecule has 0 aliphatic carbocycles. The summed E-state index contributed by atoms with van der Waals surface area (Å²) >= 11 is 11.0. The van der Waals surface area contributed by atoms with Crippen molar-refractivity contribution in [1.82, 2.24) is 0 Å². The summed E-state index contributed by atoms with van der Waals surface area (Å²) in [7, 11) is 0. The fourth-order valence-electron chi connectivity index (χ4n) is 0.891. The van der Waals surface area contributed by atoms with Gasteiger partial charge in [0.15, 0.2) is 0 Å². The molecule has 1 aromatic rings. The molecule has 0 aliphatic rings. The van der Waals surface area contributed by atoms with Crippen molar-refractivity contribution in [2.24, 2.45) is 4.99 Å². The van der Waals surface area contributed by atoms with E-state index in [1.165, 1.54) is 12.1 Å². The maximum atomic E-state index is 11.9. The van der Waals surface area contributed by atoms with Gasteiger partial charge in [0.1, 0.15) is 5.17 Å². The van der Waals surface area contributed by atoms with Crippen LogP contribution < -0.4 is 0 Å². The number of nitrogens with zero attached hydrogens (tertiary/aromatic N) is 1. The lowest BCUT2D eigenvalue weighted by molar-refractivity contribution is -0.120. The molecule has 0 N–H and O–H groups in total. The third-order valence-corrected chi connectivity index (χ3v) is 1.86. The molecule has 0 spiro atoms. The molecule has 0 bridgehead atoms. The number of aliphatic imine (C=N–C) groups is 1. The first kappa shape index (κ1) is 12.3. The van der Waals surface area contributed by atoms with E-state index in [-0.39, 0.29) is 0 Å². The Bertz CT molecular complexity index is 374. The Hall–Kier alpha value is -0.740. The monoisotopic (exact) mass is 255 g/mol. The Morgan fingerprint density at radius 1 is 1.33 bits per heavy atom. The van der Waals surface area contributed by atoms with E-state index in [4.69, 9.17) is 23.2 Å². The summed E-state index contributed by atoms with van der Waals surface area (Å²) in [5.41, 5.74) is 0.303. The number of benzene rings is 1. The summed E-state index contributed by atoms with van der Waals surface area (Å²) in [4.78, 5) is 3.58. The van der Waals surface area contributed by atoms with Gasteiger partial charge in [-0.3, -0.25) is 0 Å². The predicted molar refractivity (Wildman–Crippen MR) is 55.1 cm³/mol. The minimum Gasteiger partial charge on any atom is -0.241 e. The van der Waals surface area contributed by atoms with Crippen LogP contribution in [-0.4, -0.2) is 11.3 Å². The first-order valence-corrected chi connectivity index (χ1v) is 4.68. The highest BCUT2D eigenvalue weighted by Crippen LogP contribution is 2.24. The van der Waals surface area contributed by atoms with Crippen molar-refractivity contribution in [2.75, 3.05) is 0 Å². The largest absolute Gasteiger partial charge is 0.395 e. The minimum atomic E-state index is -4.35. The molecule has 0 atom stereocenters. The zero-order chi connectivity index (χ0) is 11.5. The van der Waals surface area contributed by atoms with Gasteiger partial charge < -0.3 is 0 Å². The second kappa shape index (κ2) is 4.86. The summed E-state index contributed by atoms with van der Waals surface area (Å²) in [6.07, 6.45) is -5.58. The molecule has 0 heterocycles. The van der Waals surface area contributed by atoms with Gasteiger partial charge in [0.2, 0.25) is 0 Å². The topological polar surface area (TPSA) is 12.4 Å². The maximum absolute atomic E-state index is 11.9. The van der Waals surface area contributed by atoms with Crippen LogP contribution in [0.4, 0.5) is 18.9 Å². The van der Waals surface area contributed by atoms with E-state index >= 15 is 0 Å². The van der Waals surface area contributed by atoms with E-state index in [2.05, 4.69) is 4.99 Å². The molecule has 0 saturated carbocycles. The number of halogens is 5. The highest BCUT2D eigenvalue weighted by atomic mass is 35.5. The Morgan fingerprint density at radius 3 is 2.53 bits per heavy atom. The van der Waals surface area contributed by atoms with Crippen molar-refractivity contribution in [3.8, 4) is 0 Å². The third kappa shape index (κ3) is 5.04. The van der Waals surface area contributed by atoms with E-state index in [1.807, 2.05) is 0 Å². The molecule has 0 aromatic heterocycles. The van der Waals surface area contributed by atoms with E-state index < -0.39 is 17.8 Å². The van der Waals surface area contributed by atoms with Gasteiger partial charge >= 0.3 is 6.18 Å². The van der Waals surface area contributed by atoms with Crippen molar-refractivity contribution in [1.29, 1.82) is 0 Å². The minimum absolute atomic E-state index is 0.303. The normalized spacial score (nSPS) is 13.0. The molecule has 1 rings (SSSR count). The van der Waals surface area contributed by atoms with Gasteiger partial charge in [-0.1, -0.05) is 29.3 Å². The molecule has 0 unspecified atom stereocenters. The van der Waals surface area contributed by atoms with Crippen molar-refractivity contribution in [3.05, 3.63) is 29.3 Å². The van der Waals surface area contributed by atoms with Crippen LogP contribution in [0.25, 0.3) is 0 Å². The van der Waals surface area contributed by atoms with Gasteiger partial charge in [-0.25, -0.2) is 4.99 Å². The quantitative estimate of drug-likeness (QED) is 0.687. The summed E-state index contributed by atoms with van der Waals surface area (Å²) in [6.45, 7) is 0. The highest BCUT2D eigenvalue weighted by molar-refractivity contribution is 6.65. The molecule has 6 heteroatoms. The first-order valence-electron chi connectivity index (χ1n) is 3.92. The molecule has 1 aromatic carbocycles. The van der Waals surface area contributed by atoms with Gasteiger partial charge in [0, 0.05) is 5.02 Å². The van der Waals surface area contributed by atoms with Crippen LogP contribution in [0.2, 0.25) is 5.02 Å². The second-order valence-electron chi connectivity index (χ2n) is 2.76. The summed E-state index contributed by atoms with van der Waals surface area (Å²) in [6, 6.07) is 6.13. The van der Waals surface area contributed by atoms with Crippen molar-refractivity contribution >= 4 is 34.1 Å². The van der Waals surface area contributed by atoms with Gasteiger partial charge in [-0.2, -0.15) is 13.2 Å². The van der Waals surface area contributed by atoms with Crippen LogP contribution in [0.15, 0.2) is 29.3 Å². The zero-order valence-corrected chi connectivity index (χ0v) is 8.87. The number of hydrogen-bond donors (Lipinski definition) is 0. The van der Waals surface area contributed by atoms with Gasteiger partial charge in [0.25, 0.3) is 0 Å². The van der Waals surface area contributed by atoms with E-state index in [1.54, 1.807) is 12.1 Å². The highest BCUT2D eigenvalue weighted by Gasteiger charge is 2.29. The van der Waals surface area contributed by atoms with Crippen LogP contribution in [0.1, 0.15) is 6.42 Å². The summed E-state index contributed by atoms with van der Waals surface area (Å²) in [5, 5.41) is -0.113.